The zero-order valence-electron chi connectivity index (χ0n) is 11.9. The third-order valence-electron chi connectivity index (χ3n) is 3.11. The Morgan fingerprint density at radius 1 is 1.43 bits per heavy atom. The predicted molar refractivity (Wildman–Crippen MR) is 86.6 cm³/mol. The van der Waals surface area contributed by atoms with E-state index < -0.39 is 0 Å². The smallest absolute Gasteiger partial charge is 0.251 e. The van der Waals surface area contributed by atoms with E-state index in [1.165, 1.54) is 0 Å². The molecule has 1 fully saturated rings. The number of morpholine rings is 1. The van der Waals surface area contributed by atoms with Crippen molar-refractivity contribution in [1.29, 1.82) is 0 Å². The molecular formula is C15H20BrN3O2. The van der Waals surface area contributed by atoms with Crippen LogP contribution in [0.2, 0.25) is 0 Å². The Balaban J connectivity index is 1.61. The van der Waals surface area contributed by atoms with Gasteiger partial charge in [-0.2, -0.15) is 5.10 Å². The Morgan fingerprint density at radius 2 is 2.24 bits per heavy atom. The molecule has 1 amide bonds. The molecule has 6 heteroatoms. The van der Waals surface area contributed by atoms with E-state index in [1.54, 1.807) is 6.07 Å². The van der Waals surface area contributed by atoms with Crippen LogP contribution >= 0.6 is 15.9 Å². The van der Waals surface area contributed by atoms with Gasteiger partial charge in [-0.15, -0.1) is 0 Å². The number of benzene rings is 1. The molecule has 1 heterocycles. The van der Waals surface area contributed by atoms with Gasteiger partial charge >= 0.3 is 0 Å². The molecule has 1 N–H and O–H groups in total. The van der Waals surface area contributed by atoms with Gasteiger partial charge in [0, 0.05) is 22.8 Å². The van der Waals surface area contributed by atoms with Crippen LogP contribution in [0.25, 0.3) is 0 Å². The maximum atomic E-state index is 11.9. The summed E-state index contributed by atoms with van der Waals surface area (Å²) in [6.45, 7) is 3.87. The number of carbonyl (C=O) groups excluding carboxylic acids is 1. The lowest BCUT2D eigenvalue weighted by atomic mass is 10.2. The standard InChI is InChI=1S/C15H20BrN3O2/c16-14-5-3-4-13(12-14)15(20)17-6-1-2-7-18-19-8-10-21-11-9-19/h3-5,7,12H,1-2,6,8-11H2,(H,17,20)/b18-7+. The minimum atomic E-state index is -0.0404. The van der Waals surface area contributed by atoms with Crippen molar-refractivity contribution in [3.05, 3.63) is 34.3 Å². The SMILES string of the molecule is O=C(NCCC/C=N/N1CCOCC1)c1cccc(Br)c1. The Hall–Kier alpha value is -1.40. The molecule has 2 rings (SSSR count). The van der Waals surface area contributed by atoms with Gasteiger partial charge in [0.1, 0.15) is 0 Å². The molecule has 5 nitrogen and oxygen atoms in total. The molecule has 114 valence electrons. The first-order valence-corrected chi connectivity index (χ1v) is 7.94. The number of rotatable bonds is 6. The fourth-order valence-corrected chi connectivity index (χ4v) is 2.37. The first kappa shape index (κ1) is 16.0. The highest BCUT2D eigenvalue weighted by atomic mass is 79.9. The van der Waals surface area contributed by atoms with Gasteiger partial charge < -0.3 is 10.1 Å². The van der Waals surface area contributed by atoms with Gasteiger partial charge in [-0.25, -0.2) is 0 Å². The number of carbonyl (C=O) groups is 1. The van der Waals surface area contributed by atoms with Gasteiger partial charge in [0.05, 0.1) is 26.3 Å². The number of ether oxygens (including phenoxy) is 1. The van der Waals surface area contributed by atoms with Crippen LogP contribution in [0.5, 0.6) is 0 Å². The van der Waals surface area contributed by atoms with Crippen molar-refractivity contribution in [2.45, 2.75) is 12.8 Å². The summed E-state index contributed by atoms with van der Waals surface area (Å²) >= 11 is 3.36. The minimum Gasteiger partial charge on any atom is -0.378 e. The Labute approximate surface area is 133 Å². The van der Waals surface area contributed by atoms with Gasteiger partial charge in [-0.05, 0) is 31.0 Å². The molecule has 0 atom stereocenters. The Bertz CT molecular complexity index is 488. The zero-order chi connectivity index (χ0) is 14.9. The van der Waals surface area contributed by atoms with Crippen molar-refractivity contribution < 1.29 is 9.53 Å². The molecule has 0 aromatic heterocycles. The number of hydrogen-bond donors (Lipinski definition) is 1. The summed E-state index contributed by atoms with van der Waals surface area (Å²) in [6, 6.07) is 7.38. The van der Waals surface area contributed by atoms with Gasteiger partial charge in [0.15, 0.2) is 0 Å². The fourth-order valence-electron chi connectivity index (χ4n) is 1.97. The molecule has 1 saturated heterocycles. The monoisotopic (exact) mass is 353 g/mol. The predicted octanol–water partition coefficient (Wildman–Crippen LogP) is 2.28. The second-order valence-corrected chi connectivity index (χ2v) is 5.69. The highest BCUT2D eigenvalue weighted by molar-refractivity contribution is 9.10. The van der Waals surface area contributed by atoms with Crippen LogP contribution < -0.4 is 5.32 Å². The summed E-state index contributed by atoms with van der Waals surface area (Å²) in [5.74, 6) is -0.0404. The zero-order valence-corrected chi connectivity index (χ0v) is 13.5. The molecule has 1 aromatic carbocycles. The largest absolute Gasteiger partial charge is 0.378 e. The summed E-state index contributed by atoms with van der Waals surface area (Å²) < 4.78 is 6.16. The van der Waals surface area contributed by atoms with Crippen LogP contribution in [0.3, 0.4) is 0 Å². The summed E-state index contributed by atoms with van der Waals surface area (Å²) in [7, 11) is 0. The van der Waals surface area contributed by atoms with Crippen molar-refractivity contribution in [2.75, 3.05) is 32.8 Å². The Kier molecular flexibility index (Phi) is 6.69. The van der Waals surface area contributed by atoms with Crippen LogP contribution in [0, 0.1) is 0 Å². The maximum absolute atomic E-state index is 11.9. The second kappa shape index (κ2) is 8.79. The first-order chi connectivity index (χ1) is 10.3. The van der Waals surface area contributed by atoms with Gasteiger partial charge in [-0.3, -0.25) is 9.80 Å². The van der Waals surface area contributed by atoms with Crippen molar-refractivity contribution in [1.82, 2.24) is 10.3 Å². The molecule has 1 aliphatic heterocycles. The van der Waals surface area contributed by atoms with Crippen molar-refractivity contribution >= 4 is 28.1 Å². The van der Waals surface area contributed by atoms with Crippen molar-refractivity contribution in [3.8, 4) is 0 Å². The summed E-state index contributed by atoms with van der Waals surface area (Å²) in [6.07, 6.45) is 3.65. The van der Waals surface area contributed by atoms with E-state index >= 15 is 0 Å². The van der Waals surface area contributed by atoms with E-state index in [2.05, 4.69) is 26.3 Å². The molecule has 21 heavy (non-hydrogen) atoms. The third kappa shape index (κ3) is 5.85. The highest BCUT2D eigenvalue weighted by Gasteiger charge is 2.06. The van der Waals surface area contributed by atoms with Crippen LogP contribution in [-0.2, 0) is 4.74 Å². The van der Waals surface area contributed by atoms with E-state index in [0.29, 0.717) is 12.1 Å². The number of nitrogens with one attached hydrogen (secondary N) is 1. The maximum Gasteiger partial charge on any atom is 0.251 e. The number of nitrogens with zero attached hydrogens (tertiary/aromatic N) is 2. The lowest BCUT2D eigenvalue weighted by Crippen LogP contribution is -2.32. The average Bonchev–Trinajstić information content (AvgIpc) is 2.51. The van der Waals surface area contributed by atoms with E-state index in [4.69, 9.17) is 4.74 Å². The quantitative estimate of drug-likeness (QED) is 0.630. The van der Waals surface area contributed by atoms with Crippen molar-refractivity contribution in [2.24, 2.45) is 5.10 Å². The molecule has 0 spiro atoms. The molecule has 0 saturated carbocycles. The van der Waals surface area contributed by atoms with E-state index in [-0.39, 0.29) is 5.91 Å². The van der Waals surface area contributed by atoms with Crippen LogP contribution in [0.4, 0.5) is 0 Å². The lowest BCUT2D eigenvalue weighted by Gasteiger charge is -2.23. The normalized spacial score (nSPS) is 15.4. The van der Waals surface area contributed by atoms with E-state index in [0.717, 1.165) is 43.6 Å². The number of unbranched alkanes of at least 4 members (excludes halogenated alkanes) is 1. The summed E-state index contributed by atoms with van der Waals surface area (Å²) in [5.41, 5.74) is 0.673. The minimum absolute atomic E-state index is 0.0404. The van der Waals surface area contributed by atoms with Gasteiger partial charge in [-0.1, -0.05) is 22.0 Å². The highest BCUT2D eigenvalue weighted by Crippen LogP contribution is 2.11. The molecular weight excluding hydrogens is 334 g/mol. The number of halogens is 1. The van der Waals surface area contributed by atoms with Crippen LogP contribution in [-0.4, -0.2) is 50.0 Å². The van der Waals surface area contributed by atoms with Crippen LogP contribution in [0.15, 0.2) is 33.8 Å². The molecule has 1 aromatic rings. The second-order valence-electron chi connectivity index (χ2n) is 4.77. The fraction of sp³-hybridized carbons (Fsp3) is 0.467. The number of hydrazone groups is 1. The van der Waals surface area contributed by atoms with Gasteiger partial charge in [0.25, 0.3) is 5.91 Å². The molecule has 0 bridgehead atoms. The first-order valence-electron chi connectivity index (χ1n) is 7.14. The Morgan fingerprint density at radius 3 is 3.00 bits per heavy atom. The summed E-state index contributed by atoms with van der Waals surface area (Å²) in [4.78, 5) is 11.9. The number of amides is 1. The molecule has 0 unspecified atom stereocenters. The topological polar surface area (TPSA) is 53.9 Å². The molecule has 0 radical (unpaired) electrons. The van der Waals surface area contributed by atoms with Crippen LogP contribution in [0.1, 0.15) is 23.2 Å². The number of hydrogen-bond acceptors (Lipinski definition) is 4. The average molecular weight is 354 g/mol. The van der Waals surface area contributed by atoms with Crippen molar-refractivity contribution in [3.63, 3.8) is 0 Å². The molecule has 1 aliphatic rings. The lowest BCUT2D eigenvalue weighted by molar-refractivity contribution is 0.0395. The molecule has 0 aliphatic carbocycles. The van der Waals surface area contributed by atoms with E-state index in [1.807, 2.05) is 29.4 Å². The summed E-state index contributed by atoms with van der Waals surface area (Å²) in [5, 5.41) is 9.31. The third-order valence-corrected chi connectivity index (χ3v) is 3.61. The van der Waals surface area contributed by atoms with Gasteiger partial charge in [0.2, 0.25) is 0 Å². The van der Waals surface area contributed by atoms with E-state index in [9.17, 15) is 4.79 Å².